The van der Waals surface area contributed by atoms with Crippen LogP contribution in [-0.2, 0) is 16.1 Å². The number of unbranched alkanes of at least 4 members (excludes halogenated alkanes) is 1. The van der Waals surface area contributed by atoms with Gasteiger partial charge in [-0.15, -0.1) is 0 Å². The molecule has 2 amide bonds. The molecule has 2 aromatic carbocycles. The van der Waals surface area contributed by atoms with Gasteiger partial charge in [0, 0.05) is 13.1 Å². The van der Waals surface area contributed by atoms with Gasteiger partial charge in [0.1, 0.15) is 23.3 Å². The molecule has 0 aliphatic rings. The highest BCUT2D eigenvalue weighted by atomic mass is 16.5. The van der Waals surface area contributed by atoms with Crippen molar-refractivity contribution in [2.24, 2.45) is 0 Å². The van der Waals surface area contributed by atoms with Gasteiger partial charge in [0.25, 0.3) is 5.91 Å². The molecule has 168 valence electrons. The van der Waals surface area contributed by atoms with E-state index in [9.17, 15) is 9.59 Å². The van der Waals surface area contributed by atoms with Crippen LogP contribution in [0.4, 0.5) is 0 Å². The maximum absolute atomic E-state index is 13.0. The Hall–Kier alpha value is -3.22. The summed E-state index contributed by atoms with van der Waals surface area (Å²) in [5, 5.41) is 2.90. The zero-order valence-electron chi connectivity index (χ0n) is 18.7. The molecule has 7 heteroatoms. The van der Waals surface area contributed by atoms with Crippen molar-refractivity contribution in [3.63, 3.8) is 0 Å². The van der Waals surface area contributed by atoms with Crippen LogP contribution in [-0.4, -0.2) is 50.1 Å². The summed E-state index contributed by atoms with van der Waals surface area (Å²) >= 11 is 0. The first-order valence-corrected chi connectivity index (χ1v) is 10.5. The van der Waals surface area contributed by atoms with Gasteiger partial charge in [0.2, 0.25) is 5.91 Å². The number of hydrogen-bond acceptors (Lipinski definition) is 5. The van der Waals surface area contributed by atoms with Crippen LogP contribution < -0.4 is 19.5 Å². The van der Waals surface area contributed by atoms with Crippen molar-refractivity contribution in [2.45, 2.75) is 39.3 Å². The Morgan fingerprint density at radius 2 is 1.48 bits per heavy atom. The van der Waals surface area contributed by atoms with E-state index in [1.165, 1.54) is 4.90 Å². The second-order valence-electron chi connectivity index (χ2n) is 7.15. The predicted octanol–water partition coefficient (Wildman–Crippen LogP) is 3.42. The van der Waals surface area contributed by atoms with Gasteiger partial charge in [-0.25, -0.2) is 0 Å². The van der Waals surface area contributed by atoms with Gasteiger partial charge in [-0.1, -0.05) is 25.5 Å². The molecule has 2 aromatic rings. The van der Waals surface area contributed by atoms with E-state index in [0.29, 0.717) is 18.0 Å². The van der Waals surface area contributed by atoms with Crippen molar-refractivity contribution in [1.29, 1.82) is 0 Å². The Labute approximate surface area is 184 Å². The molecule has 0 aliphatic carbocycles. The summed E-state index contributed by atoms with van der Waals surface area (Å²) < 4.78 is 16.0. The van der Waals surface area contributed by atoms with Crippen LogP contribution >= 0.6 is 0 Å². The molecule has 0 bridgehead atoms. The molecule has 1 N–H and O–H groups in total. The van der Waals surface area contributed by atoms with E-state index in [2.05, 4.69) is 12.2 Å². The van der Waals surface area contributed by atoms with Gasteiger partial charge in [-0.2, -0.15) is 0 Å². The van der Waals surface area contributed by atoms with E-state index in [1.807, 2.05) is 24.3 Å². The smallest absolute Gasteiger partial charge is 0.261 e. The monoisotopic (exact) mass is 428 g/mol. The van der Waals surface area contributed by atoms with E-state index in [1.54, 1.807) is 45.4 Å². The van der Waals surface area contributed by atoms with E-state index >= 15 is 0 Å². The van der Waals surface area contributed by atoms with Crippen LogP contribution in [0.25, 0.3) is 0 Å². The number of nitrogens with one attached hydrogen (secondary N) is 1. The summed E-state index contributed by atoms with van der Waals surface area (Å²) in [4.78, 5) is 27.2. The first kappa shape index (κ1) is 24.1. The molecule has 0 spiro atoms. The van der Waals surface area contributed by atoms with Gasteiger partial charge in [-0.3, -0.25) is 9.59 Å². The number of ether oxygens (including phenoxy) is 3. The lowest BCUT2D eigenvalue weighted by molar-refractivity contribution is -0.142. The average Bonchev–Trinajstić information content (AvgIpc) is 2.81. The van der Waals surface area contributed by atoms with Crippen molar-refractivity contribution in [3.05, 3.63) is 54.1 Å². The van der Waals surface area contributed by atoms with Crippen molar-refractivity contribution < 1.29 is 23.8 Å². The molecule has 0 radical (unpaired) electrons. The highest BCUT2D eigenvalue weighted by molar-refractivity contribution is 5.87. The van der Waals surface area contributed by atoms with Crippen molar-refractivity contribution in [3.8, 4) is 17.2 Å². The molecule has 0 fully saturated rings. The Morgan fingerprint density at radius 3 is 2.03 bits per heavy atom. The Kier molecular flexibility index (Phi) is 9.68. The van der Waals surface area contributed by atoms with E-state index in [0.717, 1.165) is 24.2 Å². The molecule has 0 aromatic heterocycles. The molecule has 0 saturated heterocycles. The molecule has 7 nitrogen and oxygen atoms in total. The molecular formula is C24H32N2O5. The number of rotatable bonds is 12. The zero-order valence-corrected chi connectivity index (χ0v) is 18.7. The molecular weight excluding hydrogens is 396 g/mol. The van der Waals surface area contributed by atoms with Crippen LogP contribution in [0.2, 0.25) is 0 Å². The number of carbonyl (C=O) groups is 2. The van der Waals surface area contributed by atoms with Gasteiger partial charge < -0.3 is 24.4 Å². The summed E-state index contributed by atoms with van der Waals surface area (Å²) in [5.74, 6) is 1.54. The maximum Gasteiger partial charge on any atom is 0.261 e. The maximum atomic E-state index is 13.0. The molecule has 0 aliphatic heterocycles. The largest absolute Gasteiger partial charge is 0.497 e. The second-order valence-corrected chi connectivity index (χ2v) is 7.15. The summed E-state index contributed by atoms with van der Waals surface area (Å²) in [7, 11) is 3.19. The van der Waals surface area contributed by atoms with Crippen LogP contribution in [0.5, 0.6) is 17.2 Å². The Balaban J connectivity index is 2.09. The number of amides is 2. The van der Waals surface area contributed by atoms with Gasteiger partial charge in [-0.05, 0) is 55.3 Å². The number of methoxy groups -OCH3 is 2. The van der Waals surface area contributed by atoms with Crippen molar-refractivity contribution >= 4 is 11.8 Å². The third kappa shape index (κ3) is 7.51. The third-order valence-corrected chi connectivity index (χ3v) is 4.93. The van der Waals surface area contributed by atoms with Crippen LogP contribution in [0.15, 0.2) is 48.5 Å². The van der Waals surface area contributed by atoms with Gasteiger partial charge in [0.15, 0.2) is 6.61 Å². The molecule has 1 atom stereocenters. The lowest BCUT2D eigenvalue weighted by Crippen LogP contribution is -2.49. The SMILES string of the molecule is CCCCNC(=O)[C@@H](C)N(Cc1ccc(OC)cc1)C(=O)COc1ccc(OC)cc1. The summed E-state index contributed by atoms with van der Waals surface area (Å²) in [5.41, 5.74) is 0.895. The average molecular weight is 429 g/mol. The highest BCUT2D eigenvalue weighted by Crippen LogP contribution is 2.18. The summed E-state index contributed by atoms with van der Waals surface area (Å²) in [6.07, 6.45) is 1.88. The Morgan fingerprint density at radius 1 is 0.935 bits per heavy atom. The quantitative estimate of drug-likeness (QED) is 0.524. The summed E-state index contributed by atoms with van der Waals surface area (Å²) in [6.45, 7) is 4.50. The zero-order chi connectivity index (χ0) is 22.6. The highest BCUT2D eigenvalue weighted by Gasteiger charge is 2.26. The van der Waals surface area contributed by atoms with Crippen LogP contribution in [0.1, 0.15) is 32.3 Å². The van der Waals surface area contributed by atoms with Gasteiger partial charge >= 0.3 is 0 Å². The normalized spacial score (nSPS) is 11.4. The number of hydrogen-bond donors (Lipinski definition) is 1. The minimum absolute atomic E-state index is 0.172. The van der Waals surface area contributed by atoms with Crippen LogP contribution in [0.3, 0.4) is 0 Å². The minimum Gasteiger partial charge on any atom is -0.497 e. The first-order valence-electron chi connectivity index (χ1n) is 10.5. The van der Waals surface area contributed by atoms with E-state index < -0.39 is 6.04 Å². The molecule has 0 heterocycles. The second kappa shape index (κ2) is 12.5. The molecule has 0 saturated carbocycles. The Bertz CT molecular complexity index is 821. The molecule has 31 heavy (non-hydrogen) atoms. The fraction of sp³-hybridized carbons (Fsp3) is 0.417. The fourth-order valence-electron chi connectivity index (χ4n) is 2.95. The summed E-state index contributed by atoms with van der Waals surface area (Å²) in [6, 6.07) is 13.8. The topological polar surface area (TPSA) is 77.1 Å². The number of benzene rings is 2. The van der Waals surface area contributed by atoms with E-state index in [4.69, 9.17) is 14.2 Å². The standard InChI is InChI=1S/C24H32N2O5/c1-5-6-15-25-24(28)18(2)26(16-19-7-9-20(29-3)10-8-19)23(27)17-31-22-13-11-21(30-4)12-14-22/h7-14,18H,5-6,15-17H2,1-4H3,(H,25,28)/t18-/m1/s1. The first-order chi connectivity index (χ1) is 15.0. The minimum atomic E-state index is -0.633. The fourth-order valence-corrected chi connectivity index (χ4v) is 2.95. The lowest BCUT2D eigenvalue weighted by Gasteiger charge is -2.28. The van der Waals surface area contributed by atoms with Crippen molar-refractivity contribution in [1.82, 2.24) is 10.2 Å². The number of carbonyl (C=O) groups excluding carboxylic acids is 2. The lowest BCUT2D eigenvalue weighted by atomic mass is 10.1. The van der Waals surface area contributed by atoms with Crippen LogP contribution in [0, 0.1) is 0 Å². The van der Waals surface area contributed by atoms with Crippen molar-refractivity contribution in [2.75, 3.05) is 27.4 Å². The molecule has 2 rings (SSSR count). The molecule has 0 unspecified atom stereocenters. The number of nitrogens with zero attached hydrogens (tertiary/aromatic N) is 1. The predicted molar refractivity (Wildman–Crippen MR) is 119 cm³/mol. The van der Waals surface area contributed by atoms with Gasteiger partial charge in [0.05, 0.1) is 14.2 Å². The third-order valence-electron chi connectivity index (χ3n) is 4.93. The van der Waals surface area contributed by atoms with E-state index in [-0.39, 0.29) is 25.0 Å².